The average molecular weight is 176 g/mol. The summed E-state index contributed by atoms with van der Waals surface area (Å²) in [5.41, 5.74) is 8.49. The van der Waals surface area contributed by atoms with E-state index in [9.17, 15) is 0 Å². The molecule has 1 heterocycles. The van der Waals surface area contributed by atoms with Crippen molar-refractivity contribution in [2.45, 2.75) is 19.4 Å². The van der Waals surface area contributed by atoms with Gasteiger partial charge in [-0.15, -0.1) is 0 Å². The van der Waals surface area contributed by atoms with Crippen molar-refractivity contribution >= 4 is 5.69 Å². The molecule has 1 aromatic rings. The van der Waals surface area contributed by atoms with E-state index >= 15 is 0 Å². The number of hydrogen-bond donors (Lipinski definition) is 1. The first-order chi connectivity index (χ1) is 6.25. The first-order valence-electron chi connectivity index (χ1n) is 4.83. The summed E-state index contributed by atoms with van der Waals surface area (Å²) in [6.07, 6.45) is 1.12. The van der Waals surface area contributed by atoms with E-state index in [1.54, 1.807) is 0 Å². The van der Waals surface area contributed by atoms with Gasteiger partial charge in [0.2, 0.25) is 0 Å². The van der Waals surface area contributed by atoms with Crippen molar-refractivity contribution in [3.8, 4) is 0 Å². The van der Waals surface area contributed by atoms with Crippen LogP contribution in [0.15, 0.2) is 24.3 Å². The normalized spacial score (nSPS) is 22.3. The third-order valence-corrected chi connectivity index (χ3v) is 2.59. The maximum absolute atomic E-state index is 5.86. The van der Waals surface area contributed by atoms with Gasteiger partial charge in [0.25, 0.3) is 0 Å². The molecule has 0 radical (unpaired) electrons. The second kappa shape index (κ2) is 3.38. The highest BCUT2D eigenvalue weighted by Gasteiger charge is 2.18. The fraction of sp³-hybridized carbons (Fsp3) is 0.455. The molecule has 1 aliphatic rings. The minimum absolute atomic E-state index is 0.362. The molecular formula is C11H16N2. The van der Waals surface area contributed by atoms with Gasteiger partial charge in [-0.2, -0.15) is 0 Å². The molecule has 0 amide bonds. The zero-order chi connectivity index (χ0) is 9.26. The highest BCUT2D eigenvalue weighted by molar-refractivity contribution is 5.49. The second-order valence-electron chi connectivity index (χ2n) is 3.83. The molecule has 2 N–H and O–H groups in total. The molecule has 1 aromatic carbocycles. The van der Waals surface area contributed by atoms with Crippen LogP contribution in [-0.4, -0.2) is 19.1 Å². The number of hydrogen-bond acceptors (Lipinski definition) is 2. The monoisotopic (exact) mass is 176 g/mol. The Morgan fingerprint density at radius 3 is 2.92 bits per heavy atom. The molecule has 0 unspecified atom stereocenters. The molecule has 70 valence electrons. The van der Waals surface area contributed by atoms with Gasteiger partial charge in [-0.25, -0.2) is 0 Å². The molecule has 1 fully saturated rings. The van der Waals surface area contributed by atoms with E-state index in [1.165, 1.54) is 11.3 Å². The Kier molecular flexibility index (Phi) is 2.23. The predicted molar refractivity (Wildman–Crippen MR) is 56.0 cm³/mol. The van der Waals surface area contributed by atoms with Gasteiger partial charge in [0.05, 0.1) is 0 Å². The molecule has 1 aliphatic heterocycles. The molecule has 0 spiro atoms. The fourth-order valence-electron chi connectivity index (χ4n) is 1.85. The summed E-state index contributed by atoms with van der Waals surface area (Å²) in [6, 6.07) is 8.97. The number of nitrogens with two attached hydrogens (primary N) is 1. The van der Waals surface area contributed by atoms with E-state index in [1.807, 2.05) is 0 Å². The van der Waals surface area contributed by atoms with Crippen LogP contribution in [0.3, 0.4) is 0 Å². The summed E-state index contributed by atoms with van der Waals surface area (Å²) in [5.74, 6) is 0. The highest BCUT2D eigenvalue weighted by Crippen LogP contribution is 2.20. The van der Waals surface area contributed by atoms with Crippen LogP contribution in [0.5, 0.6) is 0 Å². The maximum atomic E-state index is 5.86. The molecule has 0 saturated carbocycles. The standard InChI is InChI=1S/C11H16N2/c1-9-3-2-4-11(7-9)13-6-5-10(12)8-13/h2-4,7,10H,5-6,8,12H2,1H3/t10-/m1/s1. The molecular weight excluding hydrogens is 160 g/mol. The molecule has 2 heteroatoms. The van der Waals surface area contributed by atoms with Crippen LogP contribution in [0.25, 0.3) is 0 Å². The van der Waals surface area contributed by atoms with Gasteiger partial charge in [0.1, 0.15) is 0 Å². The summed E-state index contributed by atoms with van der Waals surface area (Å²) in [7, 11) is 0. The van der Waals surface area contributed by atoms with Gasteiger partial charge in [0, 0.05) is 24.8 Å². The third kappa shape index (κ3) is 1.83. The summed E-state index contributed by atoms with van der Waals surface area (Å²) in [6.45, 7) is 4.23. The van der Waals surface area contributed by atoms with Crippen LogP contribution in [0.1, 0.15) is 12.0 Å². The van der Waals surface area contributed by atoms with Crippen molar-refractivity contribution < 1.29 is 0 Å². The highest BCUT2D eigenvalue weighted by atomic mass is 15.2. The predicted octanol–water partition coefficient (Wildman–Crippen LogP) is 1.53. The Bertz CT molecular complexity index is 296. The number of benzene rings is 1. The quantitative estimate of drug-likeness (QED) is 0.703. The van der Waals surface area contributed by atoms with Crippen LogP contribution in [-0.2, 0) is 0 Å². The maximum Gasteiger partial charge on any atom is 0.0369 e. The lowest BCUT2D eigenvalue weighted by molar-refractivity contribution is 0.752. The molecule has 0 aromatic heterocycles. The van der Waals surface area contributed by atoms with E-state index in [4.69, 9.17) is 5.73 Å². The van der Waals surface area contributed by atoms with Crippen molar-refractivity contribution in [3.05, 3.63) is 29.8 Å². The molecule has 0 aliphatic carbocycles. The lowest BCUT2D eigenvalue weighted by atomic mass is 10.2. The van der Waals surface area contributed by atoms with Crippen LogP contribution >= 0.6 is 0 Å². The number of anilines is 1. The Balaban J connectivity index is 2.16. The van der Waals surface area contributed by atoms with Crippen LogP contribution in [0, 0.1) is 6.92 Å². The van der Waals surface area contributed by atoms with Crippen molar-refractivity contribution in [2.75, 3.05) is 18.0 Å². The number of nitrogens with zero attached hydrogens (tertiary/aromatic N) is 1. The van der Waals surface area contributed by atoms with E-state index < -0.39 is 0 Å². The smallest absolute Gasteiger partial charge is 0.0369 e. The minimum Gasteiger partial charge on any atom is -0.370 e. The lowest BCUT2D eigenvalue weighted by Gasteiger charge is -2.18. The topological polar surface area (TPSA) is 29.3 Å². The zero-order valence-corrected chi connectivity index (χ0v) is 8.03. The molecule has 0 bridgehead atoms. The Labute approximate surface area is 79.4 Å². The molecule has 2 rings (SSSR count). The minimum atomic E-state index is 0.362. The Hall–Kier alpha value is -1.02. The van der Waals surface area contributed by atoms with Crippen LogP contribution < -0.4 is 10.6 Å². The van der Waals surface area contributed by atoms with Crippen molar-refractivity contribution in [1.29, 1.82) is 0 Å². The largest absolute Gasteiger partial charge is 0.370 e. The molecule has 2 nitrogen and oxygen atoms in total. The molecule has 1 saturated heterocycles. The first kappa shape index (κ1) is 8.57. The first-order valence-corrected chi connectivity index (χ1v) is 4.83. The van der Waals surface area contributed by atoms with Crippen molar-refractivity contribution in [3.63, 3.8) is 0 Å². The lowest BCUT2D eigenvalue weighted by Crippen LogP contribution is -2.26. The number of aryl methyl sites for hydroxylation is 1. The molecule has 1 atom stereocenters. The van der Waals surface area contributed by atoms with E-state index in [2.05, 4.69) is 36.1 Å². The van der Waals surface area contributed by atoms with Gasteiger partial charge < -0.3 is 10.6 Å². The summed E-state index contributed by atoms with van der Waals surface area (Å²) in [4.78, 5) is 2.36. The van der Waals surface area contributed by atoms with Crippen molar-refractivity contribution in [1.82, 2.24) is 0 Å². The van der Waals surface area contributed by atoms with Crippen LogP contribution in [0.2, 0.25) is 0 Å². The molecule has 13 heavy (non-hydrogen) atoms. The third-order valence-electron chi connectivity index (χ3n) is 2.59. The van der Waals surface area contributed by atoms with Gasteiger partial charge in [0.15, 0.2) is 0 Å². The summed E-state index contributed by atoms with van der Waals surface area (Å²) in [5, 5.41) is 0. The van der Waals surface area contributed by atoms with E-state index in [-0.39, 0.29) is 0 Å². The SMILES string of the molecule is Cc1cccc(N2CC[C@@H](N)C2)c1. The summed E-state index contributed by atoms with van der Waals surface area (Å²) >= 11 is 0. The second-order valence-corrected chi connectivity index (χ2v) is 3.83. The van der Waals surface area contributed by atoms with E-state index in [0.29, 0.717) is 6.04 Å². The van der Waals surface area contributed by atoms with Gasteiger partial charge in [-0.05, 0) is 31.0 Å². The van der Waals surface area contributed by atoms with Gasteiger partial charge >= 0.3 is 0 Å². The Morgan fingerprint density at radius 1 is 1.46 bits per heavy atom. The van der Waals surface area contributed by atoms with Crippen molar-refractivity contribution in [2.24, 2.45) is 5.73 Å². The van der Waals surface area contributed by atoms with E-state index in [0.717, 1.165) is 19.5 Å². The Morgan fingerprint density at radius 2 is 2.31 bits per heavy atom. The zero-order valence-electron chi connectivity index (χ0n) is 8.03. The van der Waals surface area contributed by atoms with Gasteiger partial charge in [-0.1, -0.05) is 12.1 Å². The summed E-state index contributed by atoms with van der Waals surface area (Å²) < 4.78 is 0. The van der Waals surface area contributed by atoms with Gasteiger partial charge in [-0.3, -0.25) is 0 Å². The van der Waals surface area contributed by atoms with Crippen LogP contribution in [0.4, 0.5) is 5.69 Å². The number of rotatable bonds is 1. The average Bonchev–Trinajstić information content (AvgIpc) is 2.52. The fourth-order valence-corrected chi connectivity index (χ4v) is 1.85.